The Labute approximate surface area is 76.6 Å². The van der Waals surface area contributed by atoms with Gasteiger partial charge in [0.25, 0.3) is 0 Å². The number of hydrogen-bond donors (Lipinski definition) is 1. The minimum Gasteiger partial charge on any atom is -0.374 e. The minimum absolute atomic E-state index is 0.0158. The summed E-state index contributed by atoms with van der Waals surface area (Å²) in [6.45, 7) is 4.78. The average molecular weight is 187 g/mol. The summed E-state index contributed by atoms with van der Waals surface area (Å²) < 4.78 is 7.71. The molecule has 0 aliphatic heterocycles. The van der Waals surface area contributed by atoms with E-state index in [1.807, 2.05) is 18.4 Å². The fourth-order valence-electron chi connectivity index (χ4n) is 1.05. The van der Waals surface area contributed by atoms with E-state index in [0.717, 1.165) is 12.4 Å². The van der Waals surface area contributed by atoms with Crippen LogP contribution in [0.15, 0.2) is 0 Å². The largest absolute Gasteiger partial charge is 0.374 e. The second-order valence-electron chi connectivity index (χ2n) is 2.51. The van der Waals surface area contributed by atoms with Crippen molar-refractivity contribution in [1.29, 1.82) is 0 Å². The van der Waals surface area contributed by atoms with Gasteiger partial charge < -0.3 is 9.30 Å². The van der Waals surface area contributed by atoms with Crippen molar-refractivity contribution in [2.45, 2.75) is 26.5 Å². The van der Waals surface area contributed by atoms with E-state index >= 15 is 0 Å². The Morgan fingerprint density at radius 2 is 2.42 bits per heavy atom. The summed E-state index contributed by atoms with van der Waals surface area (Å²) in [5.74, 6) is 0.852. The molecule has 0 aromatic carbocycles. The molecule has 0 radical (unpaired) electrons. The van der Waals surface area contributed by atoms with Gasteiger partial charge in [0.1, 0.15) is 6.10 Å². The zero-order chi connectivity index (χ0) is 9.14. The van der Waals surface area contributed by atoms with Gasteiger partial charge in [0, 0.05) is 13.7 Å². The molecule has 0 bridgehead atoms. The molecule has 0 saturated carbocycles. The highest BCUT2D eigenvalue weighted by molar-refractivity contribution is 7.71. The van der Waals surface area contributed by atoms with E-state index in [9.17, 15) is 0 Å². The molecule has 0 aliphatic rings. The highest BCUT2D eigenvalue weighted by Gasteiger charge is 2.11. The molecule has 1 aromatic heterocycles. The van der Waals surface area contributed by atoms with Gasteiger partial charge in [-0.05, 0) is 26.1 Å². The van der Waals surface area contributed by atoms with E-state index in [4.69, 9.17) is 17.0 Å². The van der Waals surface area contributed by atoms with Gasteiger partial charge in [-0.3, -0.25) is 5.10 Å². The lowest BCUT2D eigenvalue weighted by Crippen LogP contribution is -2.07. The zero-order valence-corrected chi connectivity index (χ0v) is 8.31. The molecule has 68 valence electrons. The molecule has 1 atom stereocenters. The quantitative estimate of drug-likeness (QED) is 0.732. The van der Waals surface area contributed by atoms with Crippen molar-refractivity contribution < 1.29 is 4.74 Å². The number of ether oxygens (including phenoxy) is 1. The summed E-state index contributed by atoms with van der Waals surface area (Å²) in [6.07, 6.45) is -0.0158. The van der Waals surface area contributed by atoms with E-state index in [1.165, 1.54) is 0 Å². The van der Waals surface area contributed by atoms with Crippen LogP contribution in [0, 0.1) is 4.77 Å². The van der Waals surface area contributed by atoms with Crippen LogP contribution in [0.25, 0.3) is 0 Å². The van der Waals surface area contributed by atoms with Gasteiger partial charge in [0.05, 0.1) is 0 Å². The number of rotatable bonds is 3. The lowest BCUT2D eigenvalue weighted by molar-refractivity contribution is 0.108. The first-order valence-corrected chi connectivity index (χ1v) is 4.29. The maximum Gasteiger partial charge on any atom is 0.195 e. The normalized spacial score (nSPS) is 13.2. The fraction of sp³-hybridized carbons (Fsp3) is 0.714. The Morgan fingerprint density at radius 3 is 2.92 bits per heavy atom. The summed E-state index contributed by atoms with van der Waals surface area (Å²) in [5, 5.41) is 6.82. The predicted molar refractivity (Wildman–Crippen MR) is 48.5 cm³/mol. The Balaban J connectivity index is 3.07. The number of aromatic nitrogens is 3. The summed E-state index contributed by atoms with van der Waals surface area (Å²) in [6, 6.07) is 0. The van der Waals surface area contributed by atoms with Gasteiger partial charge in [-0.15, -0.1) is 0 Å². The van der Waals surface area contributed by atoms with Crippen LogP contribution in [-0.4, -0.2) is 21.9 Å². The smallest absolute Gasteiger partial charge is 0.195 e. The van der Waals surface area contributed by atoms with Gasteiger partial charge in [-0.25, -0.2) is 0 Å². The van der Waals surface area contributed by atoms with Gasteiger partial charge in [0.15, 0.2) is 10.6 Å². The standard InChI is InChI=1S/C7H13N3OS/c1-4-10-6(5(2)11-3)8-9-7(10)12/h5H,4H2,1-3H3,(H,9,12). The summed E-state index contributed by atoms with van der Waals surface area (Å²) in [5.41, 5.74) is 0. The third kappa shape index (κ3) is 1.56. The maximum absolute atomic E-state index is 5.14. The van der Waals surface area contributed by atoms with Crippen LogP contribution >= 0.6 is 12.2 Å². The Hall–Kier alpha value is -0.680. The highest BCUT2D eigenvalue weighted by Crippen LogP contribution is 2.12. The van der Waals surface area contributed by atoms with Crippen molar-refractivity contribution in [3.63, 3.8) is 0 Å². The molecule has 5 heteroatoms. The van der Waals surface area contributed by atoms with E-state index in [0.29, 0.717) is 4.77 Å². The molecule has 1 aromatic rings. The number of methoxy groups -OCH3 is 1. The van der Waals surface area contributed by atoms with Gasteiger partial charge in [-0.2, -0.15) is 5.10 Å². The fourth-order valence-corrected chi connectivity index (χ4v) is 1.32. The first kappa shape index (κ1) is 9.41. The van der Waals surface area contributed by atoms with Gasteiger partial charge in [-0.1, -0.05) is 0 Å². The van der Waals surface area contributed by atoms with Crippen molar-refractivity contribution in [1.82, 2.24) is 14.8 Å². The van der Waals surface area contributed by atoms with Crippen LogP contribution < -0.4 is 0 Å². The zero-order valence-electron chi connectivity index (χ0n) is 7.50. The molecule has 1 rings (SSSR count). The predicted octanol–water partition coefficient (Wildman–Crippen LogP) is 1.67. The van der Waals surface area contributed by atoms with Crippen molar-refractivity contribution >= 4 is 12.2 Å². The molecule has 0 aliphatic carbocycles. The lowest BCUT2D eigenvalue weighted by atomic mass is 10.4. The van der Waals surface area contributed by atoms with E-state index in [2.05, 4.69) is 10.2 Å². The Bertz CT molecular complexity index is 304. The Morgan fingerprint density at radius 1 is 1.75 bits per heavy atom. The molecule has 0 saturated heterocycles. The third-order valence-electron chi connectivity index (χ3n) is 1.82. The minimum atomic E-state index is -0.0158. The number of nitrogens with one attached hydrogen (secondary N) is 1. The van der Waals surface area contributed by atoms with Crippen molar-refractivity contribution in [2.24, 2.45) is 0 Å². The van der Waals surface area contributed by atoms with Gasteiger partial charge in [0.2, 0.25) is 0 Å². The van der Waals surface area contributed by atoms with Crippen LogP contribution in [0.5, 0.6) is 0 Å². The van der Waals surface area contributed by atoms with Crippen molar-refractivity contribution in [3.8, 4) is 0 Å². The average Bonchev–Trinajstić information content (AvgIpc) is 2.45. The Kier molecular flexibility index (Phi) is 2.99. The monoisotopic (exact) mass is 187 g/mol. The van der Waals surface area contributed by atoms with Crippen LogP contribution in [0.3, 0.4) is 0 Å². The van der Waals surface area contributed by atoms with Crippen LogP contribution in [-0.2, 0) is 11.3 Å². The second kappa shape index (κ2) is 3.82. The van der Waals surface area contributed by atoms with E-state index in [-0.39, 0.29) is 6.10 Å². The SMILES string of the molecule is CCn1c(C(C)OC)n[nH]c1=S. The maximum atomic E-state index is 5.14. The molecule has 1 N–H and O–H groups in total. The summed E-state index contributed by atoms with van der Waals surface area (Å²) >= 11 is 5.03. The van der Waals surface area contributed by atoms with E-state index in [1.54, 1.807) is 7.11 Å². The van der Waals surface area contributed by atoms with Crippen molar-refractivity contribution in [3.05, 3.63) is 10.6 Å². The molecule has 4 nitrogen and oxygen atoms in total. The second-order valence-corrected chi connectivity index (χ2v) is 2.90. The van der Waals surface area contributed by atoms with Crippen molar-refractivity contribution in [2.75, 3.05) is 7.11 Å². The van der Waals surface area contributed by atoms with Gasteiger partial charge >= 0.3 is 0 Å². The number of aromatic amines is 1. The summed E-state index contributed by atoms with van der Waals surface area (Å²) in [7, 11) is 1.66. The number of hydrogen-bond acceptors (Lipinski definition) is 3. The number of H-pyrrole nitrogens is 1. The molecule has 12 heavy (non-hydrogen) atoms. The lowest BCUT2D eigenvalue weighted by Gasteiger charge is -2.08. The van der Waals surface area contributed by atoms with Crippen LogP contribution in [0.1, 0.15) is 25.8 Å². The molecule has 1 heterocycles. The first-order chi connectivity index (χ1) is 5.70. The topological polar surface area (TPSA) is 42.8 Å². The van der Waals surface area contributed by atoms with Crippen LogP contribution in [0.2, 0.25) is 0 Å². The molecular weight excluding hydrogens is 174 g/mol. The third-order valence-corrected chi connectivity index (χ3v) is 2.13. The molecule has 1 unspecified atom stereocenters. The molecular formula is C7H13N3OS. The summed E-state index contributed by atoms with van der Waals surface area (Å²) in [4.78, 5) is 0. The van der Waals surface area contributed by atoms with E-state index < -0.39 is 0 Å². The van der Waals surface area contributed by atoms with Crippen LogP contribution in [0.4, 0.5) is 0 Å². The molecule has 0 amide bonds. The number of nitrogens with zero attached hydrogens (tertiary/aromatic N) is 2. The molecule has 0 fully saturated rings. The highest BCUT2D eigenvalue weighted by atomic mass is 32.1. The first-order valence-electron chi connectivity index (χ1n) is 3.88. The molecule has 0 spiro atoms.